The number of allylic oxidation sites excluding steroid dienone is 8. The second kappa shape index (κ2) is 9.85. The minimum absolute atomic E-state index is 0. The summed E-state index contributed by atoms with van der Waals surface area (Å²) in [6, 6.07) is 11.3. The molecule has 0 aliphatic heterocycles. The first-order valence-electron chi connectivity index (χ1n) is 10.5. The van der Waals surface area contributed by atoms with Gasteiger partial charge in [-0.2, -0.15) is 0 Å². The average Bonchev–Trinajstić information content (AvgIpc) is 3.04. The van der Waals surface area contributed by atoms with Crippen LogP contribution in [0.3, 0.4) is 0 Å². The molecule has 0 radical (unpaired) electrons. The molecule has 0 fully saturated rings. The van der Waals surface area contributed by atoms with Crippen LogP contribution in [0.5, 0.6) is 0 Å². The van der Waals surface area contributed by atoms with Crippen LogP contribution in [-0.2, 0) is 23.2 Å². The van der Waals surface area contributed by atoms with E-state index in [1.54, 1.807) is 33.4 Å². The average molecular weight is 507 g/mol. The fraction of sp³-hybridized carbons (Fsp3) is 0.462. The zero-order valence-electron chi connectivity index (χ0n) is 18.5. The zero-order valence-corrected chi connectivity index (χ0v) is 22.5. The van der Waals surface area contributed by atoms with E-state index in [4.69, 9.17) is 0 Å². The van der Waals surface area contributed by atoms with Crippen LogP contribution in [0.2, 0.25) is 3.63 Å². The monoisotopic (exact) mass is 504 g/mol. The molecule has 0 nitrogen and oxygen atoms in total. The Bertz CT molecular complexity index is 902. The number of halogens is 2. The quantitative estimate of drug-likeness (QED) is 0.586. The van der Waals surface area contributed by atoms with Gasteiger partial charge in [-0.25, -0.2) is 0 Å². The van der Waals surface area contributed by atoms with Gasteiger partial charge in [-0.05, 0) is 0 Å². The van der Waals surface area contributed by atoms with Crippen LogP contribution in [0, 0.1) is 5.92 Å². The molecule has 0 bridgehead atoms. The first-order valence-corrected chi connectivity index (χ1v) is 13.2. The van der Waals surface area contributed by atoms with Crippen LogP contribution in [0.15, 0.2) is 72.6 Å². The minimum atomic E-state index is -0.666. The fourth-order valence-corrected chi connectivity index (χ4v) is 10.6. The van der Waals surface area contributed by atoms with E-state index in [0.29, 0.717) is 11.8 Å². The first-order chi connectivity index (χ1) is 12.9. The van der Waals surface area contributed by atoms with Crippen LogP contribution >= 0.6 is 0 Å². The van der Waals surface area contributed by atoms with Crippen LogP contribution in [-0.4, -0.2) is 0 Å². The predicted octanol–water partition coefficient (Wildman–Crippen LogP) is 1.74. The van der Waals surface area contributed by atoms with E-state index in [0.717, 1.165) is 3.63 Å². The van der Waals surface area contributed by atoms with Gasteiger partial charge in [-0.3, -0.25) is 0 Å². The third-order valence-electron chi connectivity index (χ3n) is 7.55. The van der Waals surface area contributed by atoms with Gasteiger partial charge in [0.2, 0.25) is 0 Å². The second-order valence-electron chi connectivity index (χ2n) is 8.75. The van der Waals surface area contributed by atoms with Crippen molar-refractivity contribution in [3.8, 4) is 0 Å². The SMILES string of the molecule is CC1=C(C)C(C)[C]([Zr+2][CH]2C(C)=C(C)C3=C2CCCC3c2ccccc2)=C1C.[Cl-].[Cl-]. The molecule has 4 rings (SSSR count). The van der Waals surface area contributed by atoms with Crippen molar-refractivity contribution in [3.63, 3.8) is 0 Å². The Morgan fingerprint density at radius 2 is 1.48 bits per heavy atom. The molecule has 1 aromatic carbocycles. The van der Waals surface area contributed by atoms with Crippen molar-refractivity contribution < 1.29 is 48.0 Å². The van der Waals surface area contributed by atoms with Gasteiger partial charge >= 0.3 is 178 Å². The first kappa shape index (κ1) is 24.9. The van der Waals surface area contributed by atoms with E-state index >= 15 is 0 Å². The van der Waals surface area contributed by atoms with Crippen molar-refractivity contribution in [3.05, 3.63) is 78.2 Å². The summed E-state index contributed by atoms with van der Waals surface area (Å²) in [7, 11) is 0. The molecule has 3 heteroatoms. The summed E-state index contributed by atoms with van der Waals surface area (Å²) in [5.74, 6) is 1.33. The van der Waals surface area contributed by atoms with E-state index in [-0.39, 0.29) is 24.8 Å². The molecule has 3 aliphatic rings. The van der Waals surface area contributed by atoms with Crippen LogP contribution in [0.25, 0.3) is 0 Å². The molecule has 0 saturated heterocycles. The summed E-state index contributed by atoms with van der Waals surface area (Å²) in [6.45, 7) is 14.4. The Morgan fingerprint density at radius 3 is 2.07 bits per heavy atom. The van der Waals surface area contributed by atoms with Crippen molar-refractivity contribution in [2.24, 2.45) is 5.92 Å². The van der Waals surface area contributed by atoms with Gasteiger partial charge in [0.15, 0.2) is 0 Å². The molecule has 0 heterocycles. The fourth-order valence-electron chi connectivity index (χ4n) is 5.46. The van der Waals surface area contributed by atoms with Gasteiger partial charge in [0.05, 0.1) is 0 Å². The van der Waals surface area contributed by atoms with Gasteiger partial charge < -0.3 is 24.8 Å². The minimum Gasteiger partial charge on any atom is -1.00 e. The van der Waals surface area contributed by atoms with Gasteiger partial charge in [0, 0.05) is 0 Å². The normalized spacial score (nSPS) is 26.3. The molecule has 154 valence electrons. The summed E-state index contributed by atoms with van der Waals surface area (Å²) >= 11 is -0.666. The maximum atomic E-state index is 2.45. The molecule has 0 amide bonds. The molecule has 0 saturated carbocycles. The van der Waals surface area contributed by atoms with Gasteiger partial charge in [-0.1, -0.05) is 0 Å². The van der Waals surface area contributed by atoms with Crippen molar-refractivity contribution in [1.29, 1.82) is 0 Å². The van der Waals surface area contributed by atoms with E-state index in [1.165, 1.54) is 24.8 Å². The van der Waals surface area contributed by atoms with Gasteiger partial charge in [0.25, 0.3) is 0 Å². The van der Waals surface area contributed by atoms with E-state index < -0.39 is 23.2 Å². The van der Waals surface area contributed by atoms with Crippen LogP contribution in [0.4, 0.5) is 0 Å². The molecular weight excluding hydrogens is 474 g/mol. The molecule has 29 heavy (non-hydrogen) atoms. The molecule has 3 atom stereocenters. The second-order valence-corrected chi connectivity index (χ2v) is 12.2. The molecule has 0 aromatic heterocycles. The number of hydrogen-bond donors (Lipinski definition) is 0. The standard InChI is InChI=1S/C17H19.C9H13.2ClH.Zr/c1-12-11-15-9-6-10-16(17(15)13(12)2)14-7-4-3-5-8-14;1-6-5-7(2)9(4)8(6)3;;;/h3-5,7-8,11,16H,6,9-10H2,1-2H3;6H,1-4H3;2*1H;/q;;;;+2/p-2. The third-order valence-corrected chi connectivity index (χ3v) is 12.9. The molecular formula is C26H32Cl2Zr. The largest absolute Gasteiger partial charge is 1.00 e. The van der Waals surface area contributed by atoms with Crippen LogP contribution in [0.1, 0.15) is 72.3 Å². The predicted molar refractivity (Wildman–Crippen MR) is 112 cm³/mol. The topological polar surface area (TPSA) is 0 Å². The van der Waals surface area contributed by atoms with Gasteiger partial charge in [0.1, 0.15) is 0 Å². The Labute approximate surface area is 201 Å². The van der Waals surface area contributed by atoms with Crippen molar-refractivity contribution >= 4 is 0 Å². The summed E-state index contributed by atoms with van der Waals surface area (Å²) in [5.41, 5.74) is 13.3. The smallest absolute Gasteiger partial charge is 1.00 e. The summed E-state index contributed by atoms with van der Waals surface area (Å²) in [4.78, 5) is 0. The number of hydrogen-bond acceptors (Lipinski definition) is 0. The summed E-state index contributed by atoms with van der Waals surface area (Å²) in [6.07, 6.45) is 4.02. The van der Waals surface area contributed by atoms with Crippen molar-refractivity contribution in [2.75, 3.05) is 0 Å². The molecule has 3 aliphatic carbocycles. The summed E-state index contributed by atoms with van der Waals surface area (Å²) in [5, 5.41) is 0. The maximum Gasteiger partial charge on any atom is -1.00 e. The maximum absolute atomic E-state index is 2.45. The molecule has 3 unspecified atom stereocenters. The number of rotatable bonds is 3. The molecule has 1 aromatic rings. The van der Waals surface area contributed by atoms with E-state index in [1.807, 2.05) is 8.85 Å². The van der Waals surface area contributed by atoms with Crippen molar-refractivity contribution in [1.82, 2.24) is 0 Å². The third kappa shape index (κ3) is 4.22. The Hall–Kier alpha value is -0.357. The number of benzene rings is 1. The zero-order chi connectivity index (χ0) is 19.3. The Balaban J connectivity index is 0.00000150. The van der Waals surface area contributed by atoms with Crippen molar-refractivity contribution in [2.45, 2.75) is 70.3 Å². The van der Waals surface area contributed by atoms with E-state index in [2.05, 4.69) is 71.9 Å². The molecule has 0 N–H and O–H groups in total. The Kier molecular flexibility index (Phi) is 8.46. The van der Waals surface area contributed by atoms with E-state index in [9.17, 15) is 0 Å². The van der Waals surface area contributed by atoms with Crippen LogP contribution < -0.4 is 24.8 Å². The Morgan fingerprint density at radius 1 is 0.828 bits per heavy atom. The van der Waals surface area contributed by atoms with Gasteiger partial charge in [-0.15, -0.1) is 0 Å². The summed E-state index contributed by atoms with van der Waals surface area (Å²) < 4.78 is 2.67. The molecule has 0 spiro atoms.